The van der Waals surface area contributed by atoms with Crippen molar-refractivity contribution in [3.63, 3.8) is 0 Å². The highest BCUT2D eigenvalue weighted by molar-refractivity contribution is 5.71. The lowest BCUT2D eigenvalue weighted by atomic mass is 10.1. The molecule has 0 bridgehead atoms. The van der Waals surface area contributed by atoms with Gasteiger partial charge in [0.1, 0.15) is 11.6 Å². The molecule has 0 unspecified atom stereocenters. The second-order valence-corrected chi connectivity index (χ2v) is 4.52. The predicted molar refractivity (Wildman–Crippen MR) is 73.1 cm³/mol. The Morgan fingerprint density at radius 3 is 2.43 bits per heavy atom. The number of nitrogen functional groups attached to an aromatic ring is 1. The van der Waals surface area contributed by atoms with Crippen molar-refractivity contribution >= 4 is 5.69 Å². The molecule has 0 aliphatic carbocycles. The summed E-state index contributed by atoms with van der Waals surface area (Å²) in [5.41, 5.74) is 7.43. The lowest BCUT2D eigenvalue weighted by Crippen LogP contribution is -2.05. The molecule has 0 atom stereocenters. The molecule has 0 spiro atoms. The Balaban J connectivity index is 1.95. The van der Waals surface area contributed by atoms with Crippen LogP contribution in [0.3, 0.4) is 0 Å². The van der Waals surface area contributed by atoms with E-state index in [9.17, 15) is 8.78 Å². The van der Waals surface area contributed by atoms with Gasteiger partial charge in [-0.3, -0.25) is 0 Å². The van der Waals surface area contributed by atoms with Gasteiger partial charge >= 0.3 is 0 Å². The van der Waals surface area contributed by atoms with Crippen molar-refractivity contribution in [3.05, 3.63) is 59.7 Å². The minimum Gasteiger partial charge on any atom is -0.398 e. The van der Waals surface area contributed by atoms with Crippen LogP contribution in [0.4, 0.5) is 14.5 Å². The SMILES string of the molecule is Nc1cc(F)ccc1-c1nnnn1Cc1ccc(F)cc1. The molecule has 1 heterocycles. The number of hydrogen-bond donors (Lipinski definition) is 1. The molecule has 0 aliphatic heterocycles. The van der Waals surface area contributed by atoms with E-state index in [1.165, 1.54) is 35.0 Å². The average Bonchev–Trinajstić information content (AvgIpc) is 2.89. The lowest BCUT2D eigenvalue weighted by molar-refractivity contribution is 0.622. The first-order valence-electron chi connectivity index (χ1n) is 6.19. The third-order valence-corrected chi connectivity index (χ3v) is 3.03. The predicted octanol–water partition coefficient (Wildman–Crippen LogP) is 2.25. The fourth-order valence-corrected chi connectivity index (χ4v) is 2.00. The minimum absolute atomic E-state index is 0.255. The Morgan fingerprint density at radius 1 is 1.00 bits per heavy atom. The Morgan fingerprint density at radius 2 is 1.71 bits per heavy atom. The molecule has 21 heavy (non-hydrogen) atoms. The van der Waals surface area contributed by atoms with E-state index in [1.807, 2.05) is 0 Å². The van der Waals surface area contributed by atoms with E-state index in [-0.39, 0.29) is 11.5 Å². The maximum atomic E-state index is 13.1. The van der Waals surface area contributed by atoms with E-state index < -0.39 is 5.82 Å². The van der Waals surface area contributed by atoms with Crippen molar-refractivity contribution in [3.8, 4) is 11.4 Å². The highest BCUT2D eigenvalue weighted by Gasteiger charge is 2.13. The third kappa shape index (κ3) is 2.71. The molecule has 0 radical (unpaired) electrons. The van der Waals surface area contributed by atoms with Crippen LogP contribution in [0.5, 0.6) is 0 Å². The van der Waals surface area contributed by atoms with Crippen LogP contribution in [0.2, 0.25) is 0 Å². The number of hydrogen-bond acceptors (Lipinski definition) is 4. The highest BCUT2D eigenvalue weighted by Crippen LogP contribution is 2.24. The van der Waals surface area contributed by atoms with Gasteiger partial charge < -0.3 is 5.73 Å². The molecule has 7 heteroatoms. The summed E-state index contributed by atoms with van der Waals surface area (Å²) in [5, 5.41) is 11.4. The normalized spacial score (nSPS) is 10.8. The third-order valence-electron chi connectivity index (χ3n) is 3.03. The van der Waals surface area contributed by atoms with Gasteiger partial charge in [-0.15, -0.1) is 5.10 Å². The zero-order chi connectivity index (χ0) is 14.8. The molecule has 0 saturated carbocycles. The molecular weight excluding hydrogens is 276 g/mol. The van der Waals surface area contributed by atoms with E-state index in [2.05, 4.69) is 15.5 Å². The van der Waals surface area contributed by atoms with Crippen molar-refractivity contribution in [1.82, 2.24) is 20.2 Å². The van der Waals surface area contributed by atoms with Gasteiger partial charge in [0, 0.05) is 11.3 Å². The van der Waals surface area contributed by atoms with E-state index in [1.54, 1.807) is 12.1 Å². The van der Waals surface area contributed by atoms with Gasteiger partial charge in [-0.25, -0.2) is 13.5 Å². The monoisotopic (exact) mass is 287 g/mol. The summed E-state index contributed by atoms with van der Waals surface area (Å²) in [4.78, 5) is 0. The second-order valence-electron chi connectivity index (χ2n) is 4.52. The van der Waals surface area contributed by atoms with E-state index in [0.717, 1.165) is 5.56 Å². The Labute approximate surface area is 119 Å². The molecule has 3 rings (SSSR count). The first-order chi connectivity index (χ1) is 10.1. The zero-order valence-corrected chi connectivity index (χ0v) is 10.9. The summed E-state index contributed by atoms with van der Waals surface area (Å²) in [6, 6.07) is 10.1. The van der Waals surface area contributed by atoms with Gasteiger partial charge in [0.25, 0.3) is 0 Å². The number of rotatable bonds is 3. The Hall–Kier alpha value is -2.83. The number of tetrazole rings is 1. The average molecular weight is 287 g/mol. The number of halogens is 2. The van der Waals surface area contributed by atoms with Crippen LogP contribution in [0, 0.1) is 11.6 Å². The molecule has 106 valence electrons. The number of nitrogens with zero attached hydrogens (tertiary/aromatic N) is 4. The van der Waals surface area contributed by atoms with Crippen LogP contribution in [0.15, 0.2) is 42.5 Å². The first kappa shape index (κ1) is 13.2. The van der Waals surface area contributed by atoms with Crippen LogP contribution in [0.1, 0.15) is 5.56 Å². The molecule has 5 nitrogen and oxygen atoms in total. The zero-order valence-electron chi connectivity index (χ0n) is 10.9. The molecule has 2 aromatic carbocycles. The smallest absolute Gasteiger partial charge is 0.184 e. The van der Waals surface area contributed by atoms with E-state index >= 15 is 0 Å². The van der Waals surface area contributed by atoms with Crippen molar-refractivity contribution in [2.45, 2.75) is 6.54 Å². The number of benzene rings is 2. The quantitative estimate of drug-likeness (QED) is 0.750. The summed E-state index contributed by atoms with van der Waals surface area (Å²) < 4.78 is 27.5. The van der Waals surface area contributed by atoms with Crippen LogP contribution >= 0.6 is 0 Å². The molecule has 0 fully saturated rings. The molecular formula is C14H11F2N5. The standard InChI is InChI=1S/C14H11F2N5/c15-10-3-1-9(2-4-10)8-21-14(18-19-20-21)12-6-5-11(16)7-13(12)17/h1-7H,8,17H2. The number of nitrogens with two attached hydrogens (primary N) is 1. The Bertz CT molecular complexity index is 767. The second kappa shape index (κ2) is 5.28. The molecule has 3 aromatic rings. The number of anilines is 1. The number of aromatic nitrogens is 4. The molecule has 2 N–H and O–H groups in total. The van der Waals surface area contributed by atoms with Crippen LogP contribution in [-0.2, 0) is 6.54 Å². The van der Waals surface area contributed by atoms with Gasteiger partial charge in [-0.1, -0.05) is 12.1 Å². The van der Waals surface area contributed by atoms with Gasteiger partial charge in [0.15, 0.2) is 5.82 Å². The van der Waals surface area contributed by atoms with Crippen molar-refractivity contribution < 1.29 is 8.78 Å². The summed E-state index contributed by atoms with van der Waals surface area (Å²) in [6.07, 6.45) is 0. The van der Waals surface area contributed by atoms with Crippen molar-refractivity contribution in [2.24, 2.45) is 0 Å². The largest absolute Gasteiger partial charge is 0.398 e. The summed E-state index contributed by atoms with van der Waals surface area (Å²) in [5.74, 6) is -0.302. The molecule has 1 aromatic heterocycles. The Kier molecular flexibility index (Phi) is 3.31. The van der Waals surface area contributed by atoms with Gasteiger partial charge in [0.05, 0.1) is 6.54 Å². The van der Waals surface area contributed by atoms with Crippen LogP contribution in [0.25, 0.3) is 11.4 Å². The van der Waals surface area contributed by atoms with Crippen molar-refractivity contribution in [2.75, 3.05) is 5.73 Å². The first-order valence-corrected chi connectivity index (χ1v) is 6.19. The summed E-state index contributed by atoms with van der Waals surface area (Å²) in [7, 11) is 0. The fourth-order valence-electron chi connectivity index (χ4n) is 2.00. The highest BCUT2D eigenvalue weighted by atomic mass is 19.1. The maximum absolute atomic E-state index is 13.1. The maximum Gasteiger partial charge on any atom is 0.184 e. The fraction of sp³-hybridized carbons (Fsp3) is 0.0714. The van der Waals surface area contributed by atoms with E-state index in [0.29, 0.717) is 17.9 Å². The molecule has 0 saturated heterocycles. The van der Waals surface area contributed by atoms with Gasteiger partial charge in [-0.05, 0) is 46.3 Å². The molecule has 0 aliphatic rings. The van der Waals surface area contributed by atoms with Gasteiger partial charge in [-0.2, -0.15) is 0 Å². The molecule has 0 amide bonds. The lowest BCUT2D eigenvalue weighted by Gasteiger charge is -2.07. The topological polar surface area (TPSA) is 69.6 Å². The van der Waals surface area contributed by atoms with Crippen LogP contribution in [-0.4, -0.2) is 20.2 Å². The summed E-state index contributed by atoms with van der Waals surface area (Å²) in [6.45, 7) is 0.361. The van der Waals surface area contributed by atoms with Crippen molar-refractivity contribution in [1.29, 1.82) is 0 Å². The van der Waals surface area contributed by atoms with Gasteiger partial charge in [0.2, 0.25) is 0 Å². The van der Waals surface area contributed by atoms with E-state index in [4.69, 9.17) is 5.73 Å². The van der Waals surface area contributed by atoms with Crippen LogP contribution < -0.4 is 5.73 Å². The summed E-state index contributed by atoms with van der Waals surface area (Å²) >= 11 is 0. The minimum atomic E-state index is -0.422.